The van der Waals surface area contributed by atoms with Crippen LogP contribution in [0, 0.1) is 0 Å². The molecular weight excluding hydrogens is 750 g/mol. The molecule has 1 aromatic rings. The van der Waals surface area contributed by atoms with Gasteiger partial charge in [-0.25, -0.2) is 9.79 Å². The molecule has 0 saturated heterocycles. The Bertz CT molecular complexity index is 999. The molecule has 0 aliphatic rings. The smallest absolute Gasteiger partial charge is 0.858 e. The van der Waals surface area contributed by atoms with Crippen molar-refractivity contribution < 1.29 is 108 Å². The van der Waals surface area contributed by atoms with Gasteiger partial charge < -0.3 is 39.4 Å². The maximum absolute atomic E-state index is 13.0. The molecule has 1 aromatic carbocycles. The molecule has 0 heterocycles. The molecule has 0 amide bonds. The van der Waals surface area contributed by atoms with Gasteiger partial charge in [0.15, 0.2) is 0 Å². The van der Waals surface area contributed by atoms with E-state index in [4.69, 9.17) is 9.47 Å². The molecular formula is C39H71NNa2O10P2. The van der Waals surface area contributed by atoms with E-state index in [9.17, 15) is 39.6 Å². The van der Waals surface area contributed by atoms with Crippen molar-refractivity contribution in [1.82, 2.24) is 0 Å². The number of ether oxygens (including phenoxy) is 2. The summed E-state index contributed by atoms with van der Waals surface area (Å²) < 4.78 is 12.0. The standard InChI is InChI=1S/C39H73NO10P2.2Na/c1-3-5-7-9-11-13-15-17-19-21-23-25-30-49-36-32-35(38(41)40-29-27-28-39(42,51(43,44)45)52(46,47)48)33-37(34-36)50-31-26-24-22-20-18-16-14-12-10-8-6-4-2;;/h32-34,42H,3-31H2,1-2H3,(H,40,41)(H2,43,44,45)(H2,46,47,48);;/q;2*+1/p-2. The van der Waals surface area contributed by atoms with Gasteiger partial charge in [-0.3, -0.25) is 4.89 Å². The Morgan fingerprint density at radius 2 is 0.907 bits per heavy atom. The topological polar surface area (TPSA) is 204 Å². The minimum Gasteiger partial charge on any atom is -0.858 e. The van der Waals surface area contributed by atoms with Gasteiger partial charge in [0, 0.05) is 12.6 Å². The van der Waals surface area contributed by atoms with Crippen LogP contribution in [-0.4, -0.2) is 50.5 Å². The molecule has 0 aliphatic carbocycles. The molecule has 304 valence electrons. The number of aliphatic hydroxyl groups is 1. The van der Waals surface area contributed by atoms with Gasteiger partial charge in [-0.2, -0.15) is 0 Å². The third kappa shape index (κ3) is 26.8. The molecule has 0 radical (unpaired) electrons. The molecule has 0 saturated carbocycles. The van der Waals surface area contributed by atoms with E-state index in [1.54, 1.807) is 18.2 Å². The predicted octanol–water partition coefficient (Wildman–Crippen LogP) is 0.971. The zero-order valence-electron chi connectivity index (χ0n) is 34.3. The predicted molar refractivity (Wildman–Crippen MR) is 206 cm³/mol. The molecule has 0 aromatic heterocycles. The van der Waals surface area contributed by atoms with Crippen molar-refractivity contribution in [3.05, 3.63) is 23.8 Å². The number of rotatable bonds is 35. The minimum absolute atomic E-state index is 0. The molecule has 11 nitrogen and oxygen atoms in total. The van der Waals surface area contributed by atoms with Gasteiger partial charge in [0.05, 0.1) is 19.6 Å². The molecule has 15 heteroatoms. The van der Waals surface area contributed by atoms with E-state index in [0.29, 0.717) is 24.7 Å². The van der Waals surface area contributed by atoms with Gasteiger partial charge in [0.2, 0.25) is 0 Å². The number of aliphatic imine (C=N–C) groups is 1. The average molecular weight is 822 g/mol. The molecule has 0 aliphatic heterocycles. The Hall–Kier alpha value is 0.870. The van der Waals surface area contributed by atoms with Crippen LogP contribution in [0.4, 0.5) is 0 Å². The van der Waals surface area contributed by atoms with Crippen molar-refractivity contribution in [3.8, 4) is 11.5 Å². The fourth-order valence-corrected chi connectivity index (χ4v) is 8.37. The van der Waals surface area contributed by atoms with E-state index in [0.717, 1.165) is 38.5 Å². The maximum Gasteiger partial charge on any atom is 1.00 e. The third-order valence-corrected chi connectivity index (χ3v) is 13.3. The molecule has 1 rings (SSSR count). The van der Waals surface area contributed by atoms with E-state index in [-0.39, 0.29) is 77.6 Å². The number of unbranched alkanes of at least 4 members (excludes halogenated alkanes) is 22. The maximum atomic E-state index is 13.0. The van der Waals surface area contributed by atoms with Crippen LogP contribution in [0.3, 0.4) is 0 Å². The summed E-state index contributed by atoms with van der Waals surface area (Å²) >= 11 is 0. The normalized spacial score (nSPS) is 13.2. The van der Waals surface area contributed by atoms with Gasteiger partial charge in [0.25, 0.3) is 0 Å². The number of hydrogen-bond donors (Lipinski definition) is 4. The first-order valence-electron chi connectivity index (χ1n) is 20.3. The van der Waals surface area contributed by atoms with Crippen molar-refractivity contribution in [2.24, 2.45) is 4.99 Å². The van der Waals surface area contributed by atoms with Crippen LogP contribution < -0.4 is 88.4 Å². The second kappa shape index (κ2) is 34.7. The first-order valence-corrected chi connectivity index (χ1v) is 23.5. The Labute approximate surface area is 372 Å². The largest absolute Gasteiger partial charge is 1.00 e. The van der Waals surface area contributed by atoms with Crippen molar-refractivity contribution in [3.63, 3.8) is 0 Å². The first kappa shape index (κ1) is 57.0. The molecule has 0 bridgehead atoms. The van der Waals surface area contributed by atoms with Gasteiger partial charge in [-0.05, 0) is 42.9 Å². The second-order valence-corrected chi connectivity index (χ2v) is 18.3. The Morgan fingerprint density at radius 1 is 0.574 bits per heavy atom. The number of nitrogens with zero attached hydrogens (tertiary/aromatic N) is 1. The Balaban J connectivity index is 0. The van der Waals surface area contributed by atoms with Crippen molar-refractivity contribution in [2.45, 2.75) is 186 Å². The van der Waals surface area contributed by atoms with Gasteiger partial charge >= 0.3 is 72.1 Å². The molecule has 1 atom stereocenters. The average Bonchev–Trinajstić information content (AvgIpc) is 3.09. The van der Waals surface area contributed by atoms with Gasteiger partial charge in [-0.1, -0.05) is 155 Å². The van der Waals surface area contributed by atoms with E-state index in [1.807, 2.05) is 0 Å². The van der Waals surface area contributed by atoms with Crippen molar-refractivity contribution in [1.29, 1.82) is 0 Å². The summed E-state index contributed by atoms with van der Waals surface area (Å²) in [5.41, 5.74) is 0.193. The van der Waals surface area contributed by atoms with Gasteiger partial charge in [-0.15, -0.1) is 0 Å². The van der Waals surface area contributed by atoms with E-state index >= 15 is 0 Å². The van der Waals surface area contributed by atoms with Gasteiger partial charge in [0.1, 0.15) is 19.4 Å². The zero-order chi connectivity index (χ0) is 38.6. The Morgan fingerprint density at radius 3 is 1.22 bits per heavy atom. The summed E-state index contributed by atoms with van der Waals surface area (Å²) in [5.74, 6) is 0.287. The monoisotopic (exact) mass is 821 g/mol. The van der Waals surface area contributed by atoms with Crippen LogP contribution in [0.2, 0.25) is 0 Å². The van der Waals surface area contributed by atoms with Crippen LogP contribution in [0.15, 0.2) is 23.2 Å². The quantitative estimate of drug-likeness (QED) is 0.0251. The second-order valence-electron chi connectivity index (χ2n) is 14.3. The zero-order valence-corrected chi connectivity index (χ0v) is 40.1. The molecule has 1 unspecified atom stereocenters. The SMILES string of the molecule is CCCCCCCCCCCCCCOc1cc(OCCCCCCCCCCCCCC)cc(C([O-])=NCCCC(O)([P+]([O-])([O-])O)[P+]([O-])(O)O)c1.[Na+].[Na+]. The molecule has 0 fully saturated rings. The molecule has 0 spiro atoms. The van der Waals surface area contributed by atoms with Crippen LogP contribution >= 0.6 is 15.9 Å². The summed E-state index contributed by atoms with van der Waals surface area (Å²) in [5, 5.41) is 19.4. The summed E-state index contributed by atoms with van der Waals surface area (Å²) in [6.45, 7) is 5.12. The third-order valence-electron chi connectivity index (χ3n) is 9.50. The fraction of sp³-hybridized carbons (Fsp3) is 0.821. The summed E-state index contributed by atoms with van der Waals surface area (Å²) in [7, 11) is -11.5. The van der Waals surface area contributed by atoms with E-state index < -0.39 is 33.3 Å². The number of hydrogen-bond acceptors (Lipinski definition) is 11. The fourth-order valence-electron chi connectivity index (χ4n) is 6.17. The van der Waals surface area contributed by atoms with Crippen LogP contribution in [0.5, 0.6) is 11.5 Å². The Kier molecular flexibility index (Phi) is 36.6. The molecule has 4 N–H and O–H groups in total. The molecule has 54 heavy (non-hydrogen) atoms. The van der Waals surface area contributed by atoms with Crippen LogP contribution in [0.1, 0.15) is 186 Å². The first-order chi connectivity index (χ1) is 24.9. The summed E-state index contributed by atoms with van der Waals surface area (Å²) in [6, 6.07) is 4.88. The summed E-state index contributed by atoms with van der Waals surface area (Å²) in [6.07, 6.45) is 28.3. The van der Waals surface area contributed by atoms with Crippen molar-refractivity contribution in [2.75, 3.05) is 19.8 Å². The number of benzene rings is 1. The minimum atomic E-state index is -5.82. The van der Waals surface area contributed by atoms with Crippen LogP contribution in [0.25, 0.3) is 0 Å². The van der Waals surface area contributed by atoms with Crippen molar-refractivity contribution >= 4 is 21.8 Å². The summed E-state index contributed by atoms with van der Waals surface area (Å²) in [4.78, 5) is 66.4. The van der Waals surface area contributed by atoms with E-state index in [1.165, 1.54) is 116 Å². The van der Waals surface area contributed by atoms with Crippen LogP contribution in [-0.2, 0) is 0 Å². The van der Waals surface area contributed by atoms with E-state index in [2.05, 4.69) is 18.8 Å².